The summed E-state index contributed by atoms with van der Waals surface area (Å²) in [4.78, 5) is 25.7. The largest absolute Gasteiger partial charge is 0.353 e. The highest BCUT2D eigenvalue weighted by Gasteiger charge is 2.50. The van der Waals surface area contributed by atoms with E-state index < -0.39 is 5.41 Å². The van der Waals surface area contributed by atoms with Gasteiger partial charge in [0.05, 0.1) is 0 Å². The smallest absolute Gasteiger partial charge is 0.235 e. The van der Waals surface area contributed by atoms with Crippen molar-refractivity contribution < 1.29 is 9.59 Å². The van der Waals surface area contributed by atoms with Gasteiger partial charge in [0, 0.05) is 38.0 Å². The minimum absolute atomic E-state index is 0.171. The summed E-state index contributed by atoms with van der Waals surface area (Å²) < 4.78 is 4.00. The van der Waals surface area contributed by atoms with Crippen LogP contribution in [0.25, 0.3) is 0 Å². The molecule has 160 valence electrons. The predicted molar refractivity (Wildman–Crippen MR) is 106 cm³/mol. The molecule has 2 N–H and O–H groups in total. The van der Waals surface area contributed by atoms with Crippen LogP contribution >= 0.6 is 0 Å². The van der Waals surface area contributed by atoms with E-state index in [0.29, 0.717) is 50.9 Å². The summed E-state index contributed by atoms with van der Waals surface area (Å²) in [6.07, 6.45) is 10.2. The van der Waals surface area contributed by atoms with Gasteiger partial charge in [-0.2, -0.15) is 0 Å². The van der Waals surface area contributed by atoms with Crippen LogP contribution < -0.4 is 10.6 Å². The first-order chi connectivity index (χ1) is 14.7. The second kappa shape index (κ2) is 7.81. The van der Waals surface area contributed by atoms with Crippen LogP contribution in [0.1, 0.15) is 68.4 Å². The minimum atomic E-state index is -0.932. The fourth-order valence-corrected chi connectivity index (χ4v) is 4.19. The topological polar surface area (TPSA) is 120 Å². The number of aromatic nitrogens is 6. The van der Waals surface area contributed by atoms with Crippen molar-refractivity contribution in [3.05, 3.63) is 24.3 Å². The second-order valence-electron chi connectivity index (χ2n) is 8.76. The summed E-state index contributed by atoms with van der Waals surface area (Å²) in [7, 11) is 0. The Labute approximate surface area is 174 Å². The molecule has 0 spiro atoms. The molecule has 0 bridgehead atoms. The normalized spacial score (nSPS) is 19.9. The molecule has 0 radical (unpaired) electrons. The number of carbonyl (C=O) groups is 2. The van der Waals surface area contributed by atoms with Crippen molar-refractivity contribution in [2.75, 3.05) is 13.1 Å². The van der Waals surface area contributed by atoms with Gasteiger partial charge in [0.1, 0.15) is 29.7 Å². The lowest BCUT2D eigenvalue weighted by Crippen LogP contribution is -2.56. The van der Waals surface area contributed by atoms with Gasteiger partial charge in [-0.3, -0.25) is 9.59 Å². The number of nitrogens with zero attached hydrogens (tertiary/aromatic N) is 6. The van der Waals surface area contributed by atoms with Crippen LogP contribution in [0.5, 0.6) is 0 Å². The van der Waals surface area contributed by atoms with Crippen LogP contribution in [-0.4, -0.2) is 54.4 Å². The minimum Gasteiger partial charge on any atom is -0.353 e. The number of nitrogens with one attached hydrogen (secondary N) is 2. The Morgan fingerprint density at radius 3 is 1.70 bits per heavy atom. The Bertz CT molecular complexity index is 853. The molecule has 3 aliphatic carbocycles. The average molecular weight is 412 g/mol. The monoisotopic (exact) mass is 412 g/mol. The van der Waals surface area contributed by atoms with E-state index >= 15 is 0 Å². The van der Waals surface area contributed by atoms with Crippen molar-refractivity contribution in [1.29, 1.82) is 0 Å². The molecule has 2 aromatic heterocycles. The summed E-state index contributed by atoms with van der Waals surface area (Å²) in [5, 5.41) is 22.3. The first kappa shape index (κ1) is 19.2. The van der Waals surface area contributed by atoms with Crippen molar-refractivity contribution in [3.8, 4) is 0 Å². The van der Waals surface area contributed by atoms with Gasteiger partial charge in [0.25, 0.3) is 0 Å². The predicted octanol–water partition coefficient (Wildman–Crippen LogP) is 0.727. The molecule has 2 aromatic rings. The third kappa shape index (κ3) is 3.70. The molecule has 3 saturated carbocycles. The Balaban J connectivity index is 1.11. The summed E-state index contributed by atoms with van der Waals surface area (Å²) >= 11 is 0. The molecule has 0 atom stereocenters. The molecule has 10 nitrogen and oxygen atoms in total. The van der Waals surface area contributed by atoms with E-state index in [1.807, 2.05) is 9.13 Å². The van der Waals surface area contributed by atoms with Crippen LogP contribution in [-0.2, 0) is 22.7 Å². The molecule has 5 rings (SSSR count). The molecule has 0 unspecified atom stereocenters. The maximum absolute atomic E-state index is 12.9. The maximum atomic E-state index is 12.9. The lowest BCUT2D eigenvalue weighted by molar-refractivity contribution is -0.149. The summed E-state index contributed by atoms with van der Waals surface area (Å²) in [5.41, 5.74) is -0.932. The van der Waals surface area contributed by atoms with Crippen molar-refractivity contribution in [1.82, 2.24) is 40.2 Å². The quantitative estimate of drug-likeness (QED) is 0.555. The van der Waals surface area contributed by atoms with Crippen LogP contribution in [0, 0.1) is 5.41 Å². The number of hydrogen-bond acceptors (Lipinski definition) is 6. The van der Waals surface area contributed by atoms with E-state index in [2.05, 4.69) is 31.0 Å². The highest BCUT2D eigenvalue weighted by Crippen LogP contribution is 2.42. The molecular weight excluding hydrogens is 384 g/mol. The zero-order valence-corrected chi connectivity index (χ0v) is 17.1. The van der Waals surface area contributed by atoms with Gasteiger partial charge in [-0.15, -0.1) is 20.4 Å². The number of amides is 2. The lowest BCUT2D eigenvalue weighted by atomic mass is 9.67. The Kier molecular flexibility index (Phi) is 5.00. The van der Waals surface area contributed by atoms with E-state index in [0.717, 1.165) is 43.8 Å². The molecule has 10 heteroatoms. The lowest BCUT2D eigenvalue weighted by Gasteiger charge is -2.38. The number of hydrogen-bond donors (Lipinski definition) is 2. The van der Waals surface area contributed by atoms with Gasteiger partial charge in [0.2, 0.25) is 11.8 Å². The standard InChI is InChI=1S/C20H28N8O2/c29-18(21-8-10-27-12-23-25-16(27)14-2-3-14)20(6-1-7-20)19(30)22-9-11-28-13-24-26-17(28)15-4-5-15/h12-15H,1-11H2,(H,21,29)(H,22,30). The fourth-order valence-electron chi connectivity index (χ4n) is 4.19. The molecule has 3 aliphatic rings. The van der Waals surface area contributed by atoms with Crippen LogP contribution in [0.4, 0.5) is 0 Å². The molecule has 0 saturated heterocycles. The Hall–Kier alpha value is -2.78. The highest BCUT2D eigenvalue weighted by molar-refractivity contribution is 6.05. The molecular formula is C20H28N8O2. The Morgan fingerprint density at radius 1 is 0.867 bits per heavy atom. The van der Waals surface area contributed by atoms with Crippen LogP contribution in [0.3, 0.4) is 0 Å². The number of carbonyl (C=O) groups excluding carboxylic acids is 2. The first-order valence-electron chi connectivity index (χ1n) is 11.0. The van der Waals surface area contributed by atoms with Gasteiger partial charge < -0.3 is 19.8 Å². The van der Waals surface area contributed by atoms with Crippen LogP contribution in [0.15, 0.2) is 12.7 Å². The molecule has 3 fully saturated rings. The van der Waals surface area contributed by atoms with E-state index in [9.17, 15) is 9.59 Å². The van der Waals surface area contributed by atoms with Gasteiger partial charge in [-0.25, -0.2) is 0 Å². The van der Waals surface area contributed by atoms with Crippen molar-refractivity contribution in [2.24, 2.45) is 5.41 Å². The number of rotatable bonds is 10. The van der Waals surface area contributed by atoms with Crippen molar-refractivity contribution in [2.45, 2.75) is 69.9 Å². The van der Waals surface area contributed by atoms with Gasteiger partial charge >= 0.3 is 0 Å². The maximum Gasteiger partial charge on any atom is 0.235 e. The van der Waals surface area contributed by atoms with Crippen LogP contribution in [0.2, 0.25) is 0 Å². The highest BCUT2D eigenvalue weighted by atomic mass is 16.2. The van der Waals surface area contributed by atoms with E-state index in [1.165, 1.54) is 0 Å². The molecule has 0 aromatic carbocycles. The average Bonchev–Trinajstić information content (AvgIpc) is 3.63. The van der Waals surface area contributed by atoms with E-state index in [4.69, 9.17) is 0 Å². The molecule has 2 heterocycles. The molecule has 0 aliphatic heterocycles. The third-order valence-electron chi connectivity index (χ3n) is 6.53. The summed E-state index contributed by atoms with van der Waals surface area (Å²) in [6.45, 7) is 2.19. The van der Waals surface area contributed by atoms with E-state index in [-0.39, 0.29) is 11.8 Å². The Morgan fingerprint density at radius 2 is 1.33 bits per heavy atom. The molecule has 30 heavy (non-hydrogen) atoms. The summed E-state index contributed by atoms with van der Waals surface area (Å²) in [5.74, 6) is 2.68. The van der Waals surface area contributed by atoms with Gasteiger partial charge in [0.15, 0.2) is 0 Å². The fraction of sp³-hybridized carbons (Fsp3) is 0.700. The SMILES string of the molecule is O=C(NCCn1cnnc1C1CC1)C1(C(=O)NCCn2cnnc2C2CC2)CCC1. The van der Waals surface area contributed by atoms with Gasteiger partial charge in [-0.05, 0) is 38.5 Å². The zero-order chi connectivity index (χ0) is 20.6. The van der Waals surface area contributed by atoms with E-state index in [1.54, 1.807) is 12.7 Å². The van der Waals surface area contributed by atoms with Gasteiger partial charge in [-0.1, -0.05) is 6.42 Å². The first-order valence-corrected chi connectivity index (χ1v) is 11.0. The third-order valence-corrected chi connectivity index (χ3v) is 6.53. The van der Waals surface area contributed by atoms with Crippen molar-refractivity contribution >= 4 is 11.8 Å². The zero-order valence-electron chi connectivity index (χ0n) is 17.1. The molecule has 2 amide bonds. The van der Waals surface area contributed by atoms with Crippen molar-refractivity contribution in [3.63, 3.8) is 0 Å². The summed E-state index contributed by atoms with van der Waals surface area (Å²) in [6, 6.07) is 0. The second-order valence-corrected chi connectivity index (χ2v) is 8.76.